The molecule has 0 radical (unpaired) electrons. The fourth-order valence-corrected chi connectivity index (χ4v) is 4.27. The number of urea groups is 1. The van der Waals surface area contributed by atoms with Crippen LogP contribution < -0.4 is 25.5 Å². The number of carbonyl (C=O) groups excluding carboxylic acids is 3. The van der Waals surface area contributed by atoms with E-state index in [1.807, 2.05) is 0 Å². The minimum absolute atomic E-state index is 0.180. The largest absolute Gasteiger partial charge is 0.493 e. The van der Waals surface area contributed by atoms with Crippen molar-refractivity contribution in [2.75, 3.05) is 20.3 Å². The number of amides is 3. The van der Waals surface area contributed by atoms with Crippen LogP contribution in [0.5, 0.6) is 11.5 Å². The maximum absolute atomic E-state index is 12.6. The summed E-state index contributed by atoms with van der Waals surface area (Å²) >= 11 is 12.0. The lowest BCUT2D eigenvalue weighted by molar-refractivity contribution is -0.139. The fraction of sp³-hybridized carbons (Fsp3) is 0.214. The van der Waals surface area contributed by atoms with Gasteiger partial charge in [-0.1, -0.05) is 29.3 Å². The lowest BCUT2D eigenvalue weighted by atomic mass is 9.95. The summed E-state index contributed by atoms with van der Waals surface area (Å²) in [6.07, 6.45) is 1.35. The number of rotatable bonds is 10. The molecule has 2 aromatic carbocycles. The summed E-state index contributed by atoms with van der Waals surface area (Å²) in [5.74, 6) is 0.432. The van der Waals surface area contributed by atoms with Gasteiger partial charge >= 0.3 is 12.0 Å². The average Bonchev–Trinajstić information content (AvgIpc) is 3.42. The monoisotopic (exact) mass is 600 g/mol. The minimum atomic E-state index is -0.776. The third-order valence-corrected chi connectivity index (χ3v) is 6.60. The molecule has 1 aromatic heterocycles. The standard InChI is InChI=1S/C28H26Cl2N4O7/c1-4-39-27(36)25-15(2)32-28(37)33-26(25)17-6-9-22(23(12-17)38-3)40-14-24(35)34-31-13-18-7-10-21(41-18)16-5-8-19(29)20(30)11-16/h5-13,26H,4,14H2,1-3H3,(H,34,35)(H2,32,33,37)/b31-13-/t26-/m1/s1. The third kappa shape index (κ3) is 7.19. The first-order valence-corrected chi connectivity index (χ1v) is 13.1. The summed E-state index contributed by atoms with van der Waals surface area (Å²) in [5, 5.41) is 10.0. The van der Waals surface area contributed by atoms with Gasteiger partial charge in [0.05, 0.1) is 41.6 Å². The number of halogens is 2. The Labute approximate surface area is 245 Å². The molecule has 3 aromatic rings. The van der Waals surface area contributed by atoms with E-state index in [4.69, 9.17) is 41.8 Å². The summed E-state index contributed by atoms with van der Waals surface area (Å²) in [6, 6.07) is 12.1. The molecule has 41 heavy (non-hydrogen) atoms. The van der Waals surface area contributed by atoms with Crippen LogP contribution >= 0.6 is 23.2 Å². The highest BCUT2D eigenvalue weighted by Crippen LogP contribution is 2.34. The quantitative estimate of drug-likeness (QED) is 0.169. The Hall–Kier alpha value is -4.48. The number of hydrogen-bond donors (Lipinski definition) is 3. The number of nitrogens with one attached hydrogen (secondary N) is 3. The molecule has 0 unspecified atom stereocenters. The Morgan fingerprint density at radius 1 is 1.10 bits per heavy atom. The Bertz CT molecular complexity index is 1530. The molecular weight excluding hydrogens is 575 g/mol. The van der Waals surface area contributed by atoms with Gasteiger partial charge in [-0.15, -0.1) is 0 Å². The van der Waals surface area contributed by atoms with Gasteiger partial charge in [-0.05, 0) is 61.9 Å². The molecular formula is C28H26Cl2N4O7. The second-order valence-corrected chi connectivity index (χ2v) is 9.43. The Morgan fingerprint density at radius 3 is 2.63 bits per heavy atom. The van der Waals surface area contributed by atoms with Gasteiger partial charge in [0.2, 0.25) is 0 Å². The summed E-state index contributed by atoms with van der Waals surface area (Å²) < 4.78 is 21.9. The summed E-state index contributed by atoms with van der Waals surface area (Å²) in [6.45, 7) is 3.13. The van der Waals surface area contributed by atoms with E-state index in [1.165, 1.54) is 13.3 Å². The van der Waals surface area contributed by atoms with E-state index in [2.05, 4.69) is 21.2 Å². The number of hydrazone groups is 1. The lowest BCUT2D eigenvalue weighted by Crippen LogP contribution is -2.45. The van der Waals surface area contributed by atoms with Crippen LogP contribution in [0.1, 0.15) is 31.2 Å². The number of benzene rings is 2. The first-order chi connectivity index (χ1) is 19.7. The number of methoxy groups -OCH3 is 1. The van der Waals surface area contributed by atoms with E-state index < -0.39 is 23.9 Å². The van der Waals surface area contributed by atoms with Crippen LogP contribution in [0.4, 0.5) is 4.79 Å². The maximum atomic E-state index is 12.6. The van der Waals surface area contributed by atoms with Gasteiger partial charge in [-0.3, -0.25) is 4.79 Å². The van der Waals surface area contributed by atoms with Crippen LogP contribution in [-0.2, 0) is 14.3 Å². The zero-order chi connectivity index (χ0) is 29.5. The summed E-state index contributed by atoms with van der Waals surface area (Å²) in [4.78, 5) is 37.0. The second-order valence-electron chi connectivity index (χ2n) is 8.61. The van der Waals surface area contributed by atoms with E-state index in [0.717, 1.165) is 5.56 Å². The number of hydrogen-bond acceptors (Lipinski definition) is 8. The van der Waals surface area contributed by atoms with Gasteiger partial charge in [0.25, 0.3) is 5.91 Å². The van der Waals surface area contributed by atoms with Crippen molar-refractivity contribution < 1.29 is 33.0 Å². The first kappa shape index (κ1) is 29.5. The smallest absolute Gasteiger partial charge is 0.338 e. The van der Waals surface area contributed by atoms with Crippen molar-refractivity contribution in [1.29, 1.82) is 0 Å². The van der Waals surface area contributed by atoms with Gasteiger partial charge in [0.15, 0.2) is 18.1 Å². The molecule has 1 aliphatic rings. The normalized spacial score (nSPS) is 14.9. The number of ether oxygens (including phenoxy) is 3. The topological polar surface area (TPSA) is 140 Å². The highest BCUT2D eigenvalue weighted by molar-refractivity contribution is 6.42. The summed E-state index contributed by atoms with van der Waals surface area (Å²) in [7, 11) is 1.43. The highest BCUT2D eigenvalue weighted by atomic mass is 35.5. The molecule has 1 atom stereocenters. The highest BCUT2D eigenvalue weighted by Gasteiger charge is 2.32. The molecule has 13 heteroatoms. The number of esters is 1. The number of carbonyl (C=O) groups is 3. The second kappa shape index (κ2) is 13.2. The van der Waals surface area contributed by atoms with E-state index in [-0.39, 0.29) is 30.3 Å². The van der Waals surface area contributed by atoms with Crippen molar-refractivity contribution in [1.82, 2.24) is 16.1 Å². The Morgan fingerprint density at radius 2 is 1.90 bits per heavy atom. The SMILES string of the molecule is CCOC(=O)C1=C(C)NC(=O)N[C@@H]1c1ccc(OCC(=O)N/N=C\c2ccc(-c3ccc(Cl)c(Cl)c3)o2)c(OC)c1. The molecule has 0 saturated carbocycles. The lowest BCUT2D eigenvalue weighted by Gasteiger charge is -2.28. The van der Waals surface area contributed by atoms with Crippen LogP contribution in [0.25, 0.3) is 11.3 Å². The molecule has 0 aliphatic carbocycles. The van der Waals surface area contributed by atoms with Gasteiger partial charge < -0.3 is 29.3 Å². The molecule has 2 heterocycles. The van der Waals surface area contributed by atoms with Crippen LogP contribution in [0.3, 0.4) is 0 Å². The number of furan rings is 1. The van der Waals surface area contributed by atoms with Gasteiger partial charge in [0.1, 0.15) is 11.5 Å². The molecule has 0 saturated heterocycles. The fourth-order valence-electron chi connectivity index (χ4n) is 3.98. The van der Waals surface area contributed by atoms with Gasteiger partial charge in [-0.2, -0.15) is 5.10 Å². The van der Waals surface area contributed by atoms with Crippen molar-refractivity contribution in [2.45, 2.75) is 19.9 Å². The van der Waals surface area contributed by atoms with E-state index in [9.17, 15) is 14.4 Å². The first-order valence-electron chi connectivity index (χ1n) is 12.3. The molecule has 3 amide bonds. The molecule has 0 bridgehead atoms. The maximum Gasteiger partial charge on any atom is 0.338 e. The molecule has 4 rings (SSSR count). The minimum Gasteiger partial charge on any atom is -0.493 e. The van der Waals surface area contributed by atoms with Crippen molar-refractivity contribution >= 4 is 47.3 Å². The Kier molecular flexibility index (Phi) is 9.53. The predicted molar refractivity (Wildman–Crippen MR) is 152 cm³/mol. The van der Waals surface area contributed by atoms with E-state index in [0.29, 0.717) is 32.8 Å². The van der Waals surface area contributed by atoms with Crippen molar-refractivity contribution in [2.24, 2.45) is 5.10 Å². The zero-order valence-corrected chi connectivity index (χ0v) is 23.8. The van der Waals surface area contributed by atoms with Crippen molar-refractivity contribution in [3.63, 3.8) is 0 Å². The molecule has 214 valence electrons. The van der Waals surface area contributed by atoms with Gasteiger partial charge in [0, 0.05) is 11.3 Å². The van der Waals surface area contributed by atoms with Crippen LogP contribution in [0.15, 0.2) is 69.3 Å². The molecule has 1 aliphatic heterocycles. The van der Waals surface area contributed by atoms with Crippen LogP contribution in [-0.4, -0.2) is 44.4 Å². The number of allylic oxidation sites excluding steroid dienone is 1. The number of nitrogens with zero attached hydrogens (tertiary/aromatic N) is 1. The van der Waals surface area contributed by atoms with Crippen LogP contribution in [0.2, 0.25) is 10.0 Å². The Balaban J connectivity index is 1.38. The molecule has 0 fully saturated rings. The van der Waals surface area contributed by atoms with Crippen molar-refractivity contribution in [3.05, 3.63) is 81.2 Å². The molecule has 3 N–H and O–H groups in total. The third-order valence-electron chi connectivity index (χ3n) is 5.86. The summed E-state index contributed by atoms with van der Waals surface area (Å²) in [5.41, 5.74) is 4.30. The van der Waals surface area contributed by atoms with Crippen molar-refractivity contribution in [3.8, 4) is 22.8 Å². The average molecular weight is 601 g/mol. The predicted octanol–water partition coefficient (Wildman–Crippen LogP) is 4.98. The van der Waals surface area contributed by atoms with E-state index in [1.54, 1.807) is 62.4 Å². The zero-order valence-electron chi connectivity index (χ0n) is 22.2. The molecule has 0 spiro atoms. The van der Waals surface area contributed by atoms with E-state index >= 15 is 0 Å². The van der Waals surface area contributed by atoms with Crippen LogP contribution in [0, 0.1) is 0 Å². The molecule has 11 nitrogen and oxygen atoms in total. The van der Waals surface area contributed by atoms with Gasteiger partial charge in [-0.25, -0.2) is 15.0 Å².